The molecule has 0 aliphatic carbocycles. The summed E-state index contributed by atoms with van der Waals surface area (Å²) in [5, 5.41) is 10.6. The molecule has 0 spiro atoms. The van der Waals surface area contributed by atoms with Crippen LogP contribution in [0.5, 0.6) is 0 Å². The van der Waals surface area contributed by atoms with Crippen molar-refractivity contribution in [3.8, 4) is 5.69 Å². The summed E-state index contributed by atoms with van der Waals surface area (Å²) in [5.74, 6) is -0.209. The third-order valence-electron chi connectivity index (χ3n) is 4.85. The summed E-state index contributed by atoms with van der Waals surface area (Å²) >= 11 is 6.05. The summed E-state index contributed by atoms with van der Waals surface area (Å²) in [5.41, 5.74) is 4.07. The third-order valence-corrected chi connectivity index (χ3v) is 5.18. The Kier molecular flexibility index (Phi) is 6.51. The van der Waals surface area contributed by atoms with Gasteiger partial charge in [-0.15, -0.1) is 0 Å². The number of hydrogen-bond donors (Lipinski definition) is 2. The summed E-state index contributed by atoms with van der Waals surface area (Å²) in [6.45, 7) is 10.1. The lowest BCUT2D eigenvalue weighted by Crippen LogP contribution is -2.33. The molecule has 0 fully saturated rings. The zero-order chi connectivity index (χ0) is 22.8. The van der Waals surface area contributed by atoms with Gasteiger partial charge in [-0.25, -0.2) is 4.68 Å². The van der Waals surface area contributed by atoms with Crippen molar-refractivity contribution in [1.29, 1.82) is 0 Å². The van der Waals surface area contributed by atoms with Crippen molar-refractivity contribution in [2.24, 2.45) is 0 Å². The predicted octanol–water partition coefficient (Wildman–Crippen LogP) is 4.81. The number of carbonyl (C=O) groups is 2. The topological polar surface area (TPSA) is 76.0 Å². The fraction of sp³-hybridized carbons (Fsp3) is 0.292. The van der Waals surface area contributed by atoms with E-state index in [1.165, 1.54) is 0 Å². The Morgan fingerprint density at radius 3 is 2.42 bits per heavy atom. The van der Waals surface area contributed by atoms with Gasteiger partial charge in [0.05, 0.1) is 28.5 Å². The minimum Gasteiger partial charge on any atom is -0.343 e. The van der Waals surface area contributed by atoms with Crippen LogP contribution in [-0.2, 0) is 10.2 Å². The number of amides is 2. The van der Waals surface area contributed by atoms with Gasteiger partial charge in [0, 0.05) is 11.5 Å². The Bertz CT molecular complexity index is 1130. The Hall–Kier alpha value is -3.12. The van der Waals surface area contributed by atoms with Crippen LogP contribution < -0.4 is 10.6 Å². The molecule has 3 rings (SSSR count). The van der Waals surface area contributed by atoms with Crippen molar-refractivity contribution in [2.45, 2.75) is 40.0 Å². The minimum atomic E-state index is -0.404. The highest BCUT2D eigenvalue weighted by atomic mass is 35.5. The second kappa shape index (κ2) is 8.94. The van der Waals surface area contributed by atoms with Gasteiger partial charge in [0.1, 0.15) is 5.82 Å². The molecule has 0 saturated heterocycles. The molecule has 6 nitrogen and oxygen atoms in total. The van der Waals surface area contributed by atoms with E-state index in [1.807, 2.05) is 32.0 Å². The second-order valence-corrected chi connectivity index (χ2v) is 8.98. The van der Waals surface area contributed by atoms with Gasteiger partial charge in [0.25, 0.3) is 5.91 Å². The summed E-state index contributed by atoms with van der Waals surface area (Å²) in [7, 11) is 0. The van der Waals surface area contributed by atoms with Crippen LogP contribution in [-0.4, -0.2) is 28.1 Å². The van der Waals surface area contributed by atoms with Gasteiger partial charge in [0.15, 0.2) is 0 Å². The molecule has 0 aliphatic rings. The van der Waals surface area contributed by atoms with Crippen LogP contribution in [0.2, 0.25) is 5.02 Å². The summed E-state index contributed by atoms with van der Waals surface area (Å²) in [6.07, 6.45) is 0. The van der Waals surface area contributed by atoms with E-state index in [9.17, 15) is 9.59 Å². The Morgan fingerprint density at radius 1 is 1.06 bits per heavy atom. The maximum Gasteiger partial charge on any atom is 0.253 e. The van der Waals surface area contributed by atoms with Crippen LogP contribution in [0.1, 0.15) is 48.0 Å². The van der Waals surface area contributed by atoms with Crippen LogP contribution in [0.25, 0.3) is 5.69 Å². The van der Waals surface area contributed by atoms with E-state index in [-0.39, 0.29) is 17.9 Å². The first-order valence-electron chi connectivity index (χ1n) is 10.1. The average molecular weight is 439 g/mol. The van der Waals surface area contributed by atoms with E-state index in [4.69, 9.17) is 16.7 Å². The first kappa shape index (κ1) is 22.6. The molecule has 31 heavy (non-hydrogen) atoms. The SMILES string of the molecule is Cc1ccc(-n2nc(C(C)(C)C)cc2NC(=O)CNC(=O)c2ccccc2Cl)c(C)c1. The molecular weight excluding hydrogens is 412 g/mol. The molecule has 7 heteroatoms. The Labute approximate surface area is 187 Å². The number of aryl methyl sites for hydroxylation is 2. The van der Waals surface area contributed by atoms with Crippen molar-refractivity contribution < 1.29 is 9.59 Å². The lowest BCUT2D eigenvalue weighted by molar-refractivity contribution is -0.115. The number of carbonyl (C=O) groups excluding carboxylic acids is 2. The Balaban J connectivity index is 1.81. The minimum absolute atomic E-state index is 0.188. The number of nitrogens with zero attached hydrogens (tertiary/aromatic N) is 2. The lowest BCUT2D eigenvalue weighted by Gasteiger charge is -2.14. The molecule has 0 saturated carbocycles. The number of rotatable bonds is 5. The van der Waals surface area contributed by atoms with E-state index in [2.05, 4.69) is 37.5 Å². The highest BCUT2D eigenvalue weighted by molar-refractivity contribution is 6.33. The molecule has 162 valence electrons. The summed E-state index contributed by atoms with van der Waals surface area (Å²) in [4.78, 5) is 24.9. The smallest absolute Gasteiger partial charge is 0.253 e. The maximum absolute atomic E-state index is 12.6. The molecule has 0 aliphatic heterocycles. The quantitative estimate of drug-likeness (QED) is 0.600. The average Bonchev–Trinajstić information content (AvgIpc) is 3.10. The van der Waals surface area contributed by atoms with Crippen molar-refractivity contribution in [2.75, 3.05) is 11.9 Å². The zero-order valence-electron chi connectivity index (χ0n) is 18.4. The monoisotopic (exact) mass is 438 g/mol. The molecular formula is C24H27ClN4O2. The van der Waals surface area contributed by atoms with Crippen LogP contribution in [0.15, 0.2) is 48.5 Å². The van der Waals surface area contributed by atoms with Gasteiger partial charge in [-0.05, 0) is 37.6 Å². The summed E-state index contributed by atoms with van der Waals surface area (Å²) < 4.78 is 1.74. The number of halogens is 1. The molecule has 0 radical (unpaired) electrons. The van der Waals surface area contributed by atoms with Gasteiger partial charge in [-0.2, -0.15) is 5.10 Å². The van der Waals surface area contributed by atoms with E-state index in [0.717, 1.165) is 22.5 Å². The zero-order valence-corrected chi connectivity index (χ0v) is 19.2. The van der Waals surface area contributed by atoms with Crippen LogP contribution >= 0.6 is 11.6 Å². The fourth-order valence-corrected chi connectivity index (χ4v) is 3.37. The van der Waals surface area contributed by atoms with Crippen molar-refractivity contribution in [1.82, 2.24) is 15.1 Å². The Morgan fingerprint density at radius 2 is 1.77 bits per heavy atom. The highest BCUT2D eigenvalue weighted by Gasteiger charge is 2.22. The van der Waals surface area contributed by atoms with Gasteiger partial charge >= 0.3 is 0 Å². The molecule has 2 N–H and O–H groups in total. The molecule has 0 unspecified atom stereocenters. The highest BCUT2D eigenvalue weighted by Crippen LogP contribution is 2.27. The van der Waals surface area contributed by atoms with Crippen molar-refractivity contribution >= 4 is 29.2 Å². The van der Waals surface area contributed by atoms with Crippen LogP contribution in [0, 0.1) is 13.8 Å². The summed E-state index contributed by atoms with van der Waals surface area (Å²) in [6, 6.07) is 14.6. The molecule has 1 heterocycles. The number of aromatic nitrogens is 2. The number of anilines is 1. The second-order valence-electron chi connectivity index (χ2n) is 8.58. The number of nitrogens with one attached hydrogen (secondary N) is 2. The number of benzene rings is 2. The fourth-order valence-electron chi connectivity index (χ4n) is 3.15. The molecule has 0 atom stereocenters. The molecule has 2 aromatic carbocycles. The first-order chi connectivity index (χ1) is 14.6. The lowest BCUT2D eigenvalue weighted by atomic mass is 9.92. The van der Waals surface area contributed by atoms with Gasteiger partial charge in [-0.1, -0.05) is 62.2 Å². The van der Waals surface area contributed by atoms with E-state index in [1.54, 1.807) is 28.9 Å². The normalized spacial score (nSPS) is 11.3. The van der Waals surface area contributed by atoms with E-state index in [0.29, 0.717) is 16.4 Å². The largest absolute Gasteiger partial charge is 0.343 e. The molecule has 0 bridgehead atoms. The number of hydrogen-bond acceptors (Lipinski definition) is 3. The molecule has 2 amide bonds. The van der Waals surface area contributed by atoms with Crippen molar-refractivity contribution in [3.63, 3.8) is 0 Å². The molecule has 1 aromatic heterocycles. The van der Waals surface area contributed by atoms with E-state index >= 15 is 0 Å². The van der Waals surface area contributed by atoms with Gasteiger partial charge < -0.3 is 10.6 Å². The maximum atomic E-state index is 12.6. The van der Waals surface area contributed by atoms with Crippen LogP contribution in [0.4, 0.5) is 5.82 Å². The van der Waals surface area contributed by atoms with Crippen molar-refractivity contribution in [3.05, 3.63) is 75.9 Å². The van der Waals surface area contributed by atoms with Crippen LogP contribution in [0.3, 0.4) is 0 Å². The van der Waals surface area contributed by atoms with E-state index < -0.39 is 5.91 Å². The molecule has 3 aromatic rings. The first-order valence-corrected chi connectivity index (χ1v) is 10.4. The van der Waals surface area contributed by atoms with Gasteiger partial charge in [0.2, 0.25) is 5.91 Å². The third kappa shape index (κ3) is 5.33. The van der Waals surface area contributed by atoms with Gasteiger partial charge in [-0.3, -0.25) is 9.59 Å². The standard InChI is InChI=1S/C24H27ClN4O2/c1-15-10-11-19(16(2)12-15)29-21(13-20(28-29)24(3,4)5)27-22(30)14-26-23(31)17-8-6-7-9-18(17)25/h6-13H,14H2,1-5H3,(H,26,31)(H,27,30). The predicted molar refractivity (Wildman–Crippen MR) is 124 cm³/mol.